The van der Waals surface area contributed by atoms with Crippen molar-refractivity contribution in [2.75, 3.05) is 5.43 Å². The average molecular weight is 271 g/mol. The van der Waals surface area contributed by atoms with Gasteiger partial charge in [0, 0.05) is 4.47 Å². The predicted molar refractivity (Wildman–Crippen MR) is 70.1 cm³/mol. The molecule has 1 aromatic carbocycles. The lowest BCUT2D eigenvalue weighted by molar-refractivity contribution is 0.833. The Bertz CT molecular complexity index is 316. The first kappa shape index (κ1) is 12.5. The Morgan fingerprint density at radius 2 is 1.47 bits per heavy atom. The Morgan fingerprint density at radius 3 is 1.73 bits per heavy atom. The van der Waals surface area contributed by atoms with E-state index in [-0.39, 0.29) is 0 Å². The number of anilines is 1. The molecule has 0 bridgehead atoms. The van der Waals surface area contributed by atoms with Gasteiger partial charge < -0.3 is 5.43 Å². The van der Waals surface area contributed by atoms with E-state index in [1.165, 1.54) is 11.1 Å². The quantitative estimate of drug-likeness (QED) is 0.644. The summed E-state index contributed by atoms with van der Waals surface area (Å²) in [6.45, 7) is 8.69. The Kier molecular flexibility index (Phi) is 4.17. The van der Waals surface area contributed by atoms with Crippen molar-refractivity contribution in [1.82, 2.24) is 0 Å². The summed E-state index contributed by atoms with van der Waals surface area (Å²) in [6, 6.07) is 4.26. The van der Waals surface area contributed by atoms with Crippen molar-refractivity contribution in [2.45, 2.75) is 39.5 Å². The Labute approximate surface area is 100 Å². The van der Waals surface area contributed by atoms with E-state index in [2.05, 4.69) is 61.2 Å². The van der Waals surface area contributed by atoms with Crippen molar-refractivity contribution >= 4 is 21.6 Å². The maximum absolute atomic E-state index is 5.61. The highest BCUT2D eigenvalue weighted by molar-refractivity contribution is 9.10. The van der Waals surface area contributed by atoms with Crippen molar-refractivity contribution in [3.63, 3.8) is 0 Å². The number of benzene rings is 1. The Balaban J connectivity index is 3.38. The fraction of sp³-hybridized carbons (Fsp3) is 0.500. The maximum Gasteiger partial charge on any atom is 0.0555 e. The molecule has 0 fully saturated rings. The van der Waals surface area contributed by atoms with Crippen molar-refractivity contribution in [1.29, 1.82) is 0 Å². The second-order valence-corrected chi connectivity index (χ2v) is 5.33. The van der Waals surface area contributed by atoms with Gasteiger partial charge in [-0.05, 0) is 35.1 Å². The summed E-state index contributed by atoms with van der Waals surface area (Å²) < 4.78 is 1.12. The van der Waals surface area contributed by atoms with Crippen LogP contribution in [0, 0.1) is 0 Å². The summed E-state index contributed by atoms with van der Waals surface area (Å²) in [5, 5.41) is 0. The fourth-order valence-corrected chi connectivity index (χ4v) is 2.22. The summed E-state index contributed by atoms with van der Waals surface area (Å²) in [7, 11) is 0. The van der Waals surface area contributed by atoms with Crippen LogP contribution in [0.25, 0.3) is 0 Å². The number of halogens is 1. The second-order valence-electron chi connectivity index (χ2n) is 4.41. The van der Waals surface area contributed by atoms with Gasteiger partial charge in [0.15, 0.2) is 0 Å². The lowest BCUT2D eigenvalue weighted by Crippen LogP contribution is -2.13. The third kappa shape index (κ3) is 2.73. The molecule has 15 heavy (non-hydrogen) atoms. The minimum absolute atomic E-state index is 0.464. The molecule has 1 rings (SSSR count). The maximum atomic E-state index is 5.61. The number of hydrazine groups is 1. The van der Waals surface area contributed by atoms with E-state index in [0.29, 0.717) is 11.8 Å². The van der Waals surface area contributed by atoms with Crippen LogP contribution in [0.3, 0.4) is 0 Å². The monoisotopic (exact) mass is 270 g/mol. The van der Waals surface area contributed by atoms with E-state index >= 15 is 0 Å². The molecule has 0 amide bonds. The van der Waals surface area contributed by atoms with Gasteiger partial charge in [-0.15, -0.1) is 0 Å². The van der Waals surface area contributed by atoms with Crippen LogP contribution < -0.4 is 11.3 Å². The summed E-state index contributed by atoms with van der Waals surface area (Å²) in [5.41, 5.74) is 6.43. The summed E-state index contributed by atoms with van der Waals surface area (Å²) >= 11 is 3.54. The molecule has 0 aliphatic heterocycles. The largest absolute Gasteiger partial charge is 0.324 e. The molecule has 0 spiro atoms. The lowest BCUT2D eigenvalue weighted by Gasteiger charge is -2.19. The van der Waals surface area contributed by atoms with Gasteiger partial charge in [-0.25, -0.2) is 0 Å². The van der Waals surface area contributed by atoms with Gasteiger partial charge in [-0.2, -0.15) is 0 Å². The molecule has 0 aliphatic carbocycles. The third-order valence-electron chi connectivity index (χ3n) is 2.55. The SMILES string of the molecule is CC(C)c1cc(Br)cc(C(C)C)c1NN. The van der Waals surface area contributed by atoms with Gasteiger partial charge in [0.05, 0.1) is 5.69 Å². The van der Waals surface area contributed by atoms with E-state index in [1.54, 1.807) is 0 Å². The molecule has 84 valence electrons. The van der Waals surface area contributed by atoms with Crippen LogP contribution in [0.15, 0.2) is 16.6 Å². The molecule has 3 N–H and O–H groups in total. The number of nitrogens with one attached hydrogen (secondary N) is 1. The van der Waals surface area contributed by atoms with Crippen LogP contribution in [0.2, 0.25) is 0 Å². The van der Waals surface area contributed by atoms with Crippen LogP contribution >= 0.6 is 15.9 Å². The fourth-order valence-electron chi connectivity index (χ4n) is 1.73. The summed E-state index contributed by atoms with van der Waals surface area (Å²) in [5.74, 6) is 6.54. The summed E-state index contributed by atoms with van der Waals surface area (Å²) in [6.07, 6.45) is 0. The molecular formula is C12H19BrN2. The Morgan fingerprint density at radius 1 is 1.07 bits per heavy atom. The van der Waals surface area contributed by atoms with Crippen LogP contribution in [0.4, 0.5) is 5.69 Å². The molecule has 0 saturated carbocycles. The third-order valence-corrected chi connectivity index (χ3v) is 3.01. The minimum Gasteiger partial charge on any atom is -0.324 e. The number of nitrogen functional groups attached to an aromatic ring is 1. The average Bonchev–Trinajstić information content (AvgIpc) is 2.16. The highest BCUT2D eigenvalue weighted by atomic mass is 79.9. The van der Waals surface area contributed by atoms with Crippen molar-refractivity contribution in [2.24, 2.45) is 5.84 Å². The van der Waals surface area contributed by atoms with E-state index in [0.717, 1.165) is 10.2 Å². The second kappa shape index (κ2) is 4.99. The standard InChI is InChI=1S/C12H19BrN2/c1-7(2)10-5-9(13)6-11(8(3)4)12(10)15-14/h5-8,15H,14H2,1-4H3. The van der Waals surface area contributed by atoms with E-state index < -0.39 is 0 Å². The molecule has 0 atom stereocenters. The number of hydrogen-bond acceptors (Lipinski definition) is 2. The van der Waals surface area contributed by atoms with Gasteiger partial charge in [0.2, 0.25) is 0 Å². The van der Waals surface area contributed by atoms with Crippen molar-refractivity contribution in [3.8, 4) is 0 Å². The zero-order valence-electron chi connectivity index (χ0n) is 9.76. The van der Waals surface area contributed by atoms with E-state index in [9.17, 15) is 0 Å². The van der Waals surface area contributed by atoms with Crippen LogP contribution in [-0.2, 0) is 0 Å². The van der Waals surface area contributed by atoms with Crippen molar-refractivity contribution < 1.29 is 0 Å². The zero-order valence-corrected chi connectivity index (χ0v) is 11.4. The molecule has 0 aromatic heterocycles. The number of rotatable bonds is 3. The van der Waals surface area contributed by atoms with Crippen LogP contribution in [0.1, 0.15) is 50.7 Å². The van der Waals surface area contributed by atoms with Gasteiger partial charge in [-0.3, -0.25) is 5.84 Å². The van der Waals surface area contributed by atoms with Gasteiger partial charge >= 0.3 is 0 Å². The smallest absolute Gasteiger partial charge is 0.0555 e. The summed E-state index contributed by atoms with van der Waals surface area (Å²) in [4.78, 5) is 0. The minimum atomic E-state index is 0.464. The number of hydrogen-bond donors (Lipinski definition) is 2. The molecule has 2 nitrogen and oxygen atoms in total. The molecule has 3 heteroatoms. The molecule has 1 aromatic rings. The highest BCUT2D eigenvalue weighted by Gasteiger charge is 2.14. The zero-order chi connectivity index (χ0) is 11.6. The molecule has 0 unspecified atom stereocenters. The molecule has 0 saturated heterocycles. The first-order chi connectivity index (χ1) is 6.97. The first-order valence-electron chi connectivity index (χ1n) is 5.27. The molecule has 0 heterocycles. The molecule has 0 radical (unpaired) electrons. The molecular weight excluding hydrogens is 252 g/mol. The van der Waals surface area contributed by atoms with E-state index in [4.69, 9.17) is 5.84 Å². The normalized spacial score (nSPS) is 11.2. The predicted octanol–water partition coefficient (Wildman–Crippen LogP) is 3.98. The van der Waals surface area contributed by atoms with Gasteiger partial charge in [0.25, 0.3) is 0 Å². The molecule has 0 aliphatic rings. The topological polar surface area (TPSA) is 38.0 Å². The van der Waals surface area contributed by atoms with Crippen molar-refractivity contribution in [3.05, 3.63) is 27.7 Å². The highest BCUT2D eigenvalue weighted by Crippen LogP contribution is 2.34. The van der Waals surface area contributed by atoms with Gasteiger partial charge in [0.1, 0.15) is 0 Å². The number of nitrogens with two attached hydrogens (primary N) is 1. The van der Waals surface area contributed by atoms with Crippen LogP contribution in [-0.4, -0.2) is 0 Å². The Hall–Kier alpha value is -0.540. The lowest BCUT2D eigenvalue weighted by atomic mass is 9.93. The van der Waals surface area contributed by atoms with E-state index in [1.807, 2.05) is 0 Å². The first-order valence-corrected chi connectivity index (χ1v) is 6.06. The van der Waals surface area contributed by atoms with Gasteiger partial charge in [-0.1, -0.05) is 43.6 Å². The van der Waals surface area contributed by atoms with Crippen LogP contribution in [0.5, 0.6) is 0 Å².